The molecular formula is C13H18BrNO3. The molecule has 2 unspecified atom stereocenters. The highest BCUT2D eigenvalue weighted by Crippen LogP contribution is 2.31. The van der Waals surface area contributed by atoms with Crippen LogP contribution in [0.4, 0.5) is 5.69 Å². The van der Waals surface area contributed by atoms with Crippen LogP contribution in [-0.2, 0) is 4.74 Å². The Hall–Kier alpha value is -0.620. The SMILES string of the molecule is CC(O)c1cc(Br)ccc1N1CCOCC1CO. The molecule has 1 aromatic carbocycles. The molecule has 0 spiro atoms. The summed E-state index contributed by atoms with van der Waals surface area (Å²) in [5.41, 5.74) is 1.83. The van der Waals surface area contributed by atoms with Crippen molar-refractivity contribution in [1.82, 2.24) is 0 Å². The van der Waals surface area contributed by atoms with Crippen molar-refractivity contribution in [3.63, 3.8) is 0 Å². The number of hydrogen-bond donors (Lipinski definition) is 2. The number of rotatable bonds is 3. The summed E-state index contributed by atoms with van der Waals surface area (Å²) in [6.45, 7) is 3.69. The predicted octanol–water partition coefficient (Wildman–Crippen LogP) is 1.70. The van der Waals surface area contributed by atoms with Crippen molar-refractivity contribution in [1.29, 1.82) is 0 Å². The van der Waals surface area contributed by atoms with Crippen molar-refractivity contribution < 1.29 is 14.9 Å². The normalized spacial score (nSPS) is 22.0. The number of morpholine rings is 1. The Morgan fingerprint density at radius 2 is 2.33 bits per heavy atom. The van der Waals surface area contributed by atoms with Gasteiger partial charge in [0.05, 0.1) is 32.0 Å². The summed E-state index contributed by atoms with van der Waals surface area (Å²) in [5.74, 6) is 0. The number of hydrogen-bond acceptors (Lipinski definition) is 4. The second kappa shape index (κ2) is 6.02. The Kier molecular flexibility index (Phi) is 4.61. The number of benzene rings is 1. The summed E-state index contributed by atoms with van der Waals surface area (Å²) in [7, 11) is 0. The van der Waals surface area contributed by atoms with Crippen LogP contribution >= 0.6 is 15.9 Å². The lowest BCUT2D eigenvalue weighted by molar-refractivity contribution is 0.0723. The van der Waals surface area contributed by atoms with E-state index in [-0.39, 0.29) is 12.6 Å². The molecule has 2 atom stereocenters. The van der Waals surface area contributed by atoms with Crippen LogP contribution in [0.5, 0.6) is 0 Å². The van der Waals surface area contributed by atoms with Crippen molar-refractivity contribution in [3.8, 4) is 0 Å². The lowest BCUT2D eigenvalue weighted by Gasteiger charge is -2.37. The molecule has 0 bridgehead atoms. The first-order valence-electron chi connectivity index (χ1n) is 6.06. The molecule has 0 aliphatic carbocycles. The van der Waals surface area contributed by atoms with E-state index in [0.717, 1.165) is 22.3 Å². The number of nitrogens with zero attached hydrogens (tertiary/aromatic N) is 1. The van der Waals surface area contributed by atoms with E-state index in [9.17, 15) is 10.2 Å². The Labute approximate surface area is 115 Å². The first-order chi connectivity index (χ1) is 8.63. The first-order valence-corrected chi connectivity index (χ1v) is 6.85. The number of anilines is 1. The van der Waals surface area contributed by atoms with E-state index >= 15 is 0 Å². The van der Waals surface area contributed by atoms with Gasteiger partial charge in [-0.3, -0.25) is 0 Å². The zero-order chi connectivity index (χ0) is 13.1. The highest BCUT2D eigenvalue weighted by molar-refractivity contribution is 9.10. The number of halogens is 1. The van der Waals surface area contributed by atoms with Gasteiger partial charge >= 0.3 is 0 Å². The second-order valence-electron chi connectivity index (χ2n) is 4.48. The summed E-state index contributed by atoms with van der Waals surface area (Å²) in [6.07, 6.45) is -0.542. The zero-order valence-corrected chi connectivity index (χ0v) is 11.9. The minimum Gasteiger partial charge on any atom is -0.394 e. The van der Waals surface area contributed by atoms with E-state index in [1.54, 1.807) is 6.92 Å². The Morgan fingerprint density at radius 3 is 3.00 bits per heavy atom. The third kappa shape index (κ3) is 2.85. The Morgan fingerprint density at radius 1 is 1.56 bits per heavy atom. The van der Waals surface area contributed by atoms with Gasteiger partial charge in [0.2, 0.25) is 0 Å². The smallest absolute Gasteiger partial charge is 0.0782 e. The molecule has 0 radical (unpaired) electrons. The van der Waals surface area contributed by atoms with Crippen LogP contribution in [-0.4, -0.2) is 42.6 Å². The van der Waals surface area contributed by atoms with Gasteiger partial charge in [0.15, 0.2) is 0 Å². The maximum absolute atomic E-state index is 9.88. The van der Waals surface area contributed by atoms with Gasteiger partial charge in [-0.15, -0.1) is 0 Å². The highest BCUT2D eigenvalue weighted by atomic mass is 79.9. The summed E-state index contributed by atoms with van der Waals surface area (Å²) < 4.78 is 6.32. The average molecular weight is 316 g/mol. The Bertz CT molecular complexity index is 411. The van der Waals surface area contributed by atoms with Crippen molar-refractivity contribution in [2.75, 3.05) is 31.3 Å². The predicted molar refractivity (Wildman–Crippen MR) is 73.8 cm³/mol. The minimum absolute atomic E-state index is 0.0441. The number of ether oxygens (including phenoxy) is 1. The minimum atomic E-state index is -0.542. The molecule has 1 saturated heterocycles. The van der Waals surface area contributed by atoms with E-state index in [2.05, 4.69) is 20.8 Å². The molecule has 0 saturated carbocycles. The topological polar surface area (TPSA) is 52.9 Å². The molecule has 18 heavy (non-hydrogen) atoms. The molecule has 0 amide bonds. The maximum Gasteiger partial charge on any atom is 0.0782 e. The molecule has 4 nitrogen and oxygen atoms in total. The zero-order valence-electron chi connectivity index (χ0n) is 10.3. The van der Waals surface area contributed by atoms with Crippen molar-refractivity contribution in [2.24, 2.45) is 0 Å². The molecule has 2 rings (SSSR count). The van der Waals surface area contributed by atoms with E-state index in [0.29, 0.717) is 13.2 Å². The molecule has 1 fully saturated rings. The van der Waals surface area contributed by atoms with Gasteiger partial charge in [0.1, 0.15) is 0 Å². The van der Waals surface area contributed by atoms with Gasteiger partial charge in [-0.25, -0.2) is 0 Å². The third-order valence-corrected chi connectivity index (χ3v) is 3.68. The molecule has 1 aromatic rings. The second-order valence-corrected chi connectivity index (χ2v) is 5.40. The van der Waals surface area contributed by atoms with Gasteiger partial charge in [-0.05, 0) is 25.1 Å². The highest BCUT2D eigenvalue weighted by Gasteiger charge is 2.25. The summed E-state index contributed by atoms with van der Waals surface area (Å²) in [6, 6.07) is 5.80. The molecule has 1 heterocycles. The fourth-order valence-electron chi connectivity index (χ4n) is 2.24. The van der Waals surface area contributed by atoms with Crippen LogP contribution in [0.3, 0.4) is 0 Å². The largest absolute Gasteiger partial charge is 0.394 e. The molecule has 1 aliphatic rings. The quantitative estimate of drug-likeness (QED) is 0.891. The monoisotopic (exact) mass is 315 g/mol. The van der Waals surface area contributed by atoms with Crippen molar-refractivity contribution in [2.45, 2.75) is 19.1 Å². The van der Waals surface area contributed by atoms with Crippen molar-refractivity contribution >= 4 is 21.6 Å². The van der Waals surface area contributed by atoms with Crippen molar-refractivity contribution in [3.05, 3.63) is 28.2 Å². The van der Waals surface area contributed by atoms with Gasteiger partial charge in [-0.1, -0.05) is 15.9 Å². The lowest BCUT2D eigenvalue weighted by Crippen LogP contribution is -2.48. The average Bonchev–Trinajstić information content (AvgIpc) is 2.38. The summed E-state index contributed by atoms with van der Waals surface area (Å²) in [4.78, 5) is 2.11. The molecule has 0 aromatic heterocycles. The number of aliphatic hydroxyl groups excluding tert-OH is 2. The van der Waals surface area contributed by atoms with Gasteiger partial charge in [0.25, 0.3) is 0 Å². The van der Waals surface area contributed by atoms with Gasteiger partial charge in [-0.2, -0.15) is 0 Å². The van der Waals surface area contributed by atoms with E-state index < -0.39 is 6.10 Å². The van der Waals surface area contributed by atoms with Crippen LogP contribution < -0.4 is 4.90 Å². The Balaban J connectivity index is 2.36. The standard InChI is InChI=1S/C13H18BrNO3/c1-9(17)12-6-10(14)2-3-13(12)15-4-5-18-8-11(15)7-16/h2-3,6,9,11,16-17H,4-5,7-8H2,1H3. The fraction of sp³-hybridized carbons (Fsp3) is 0.538. The van der Waals surface area contributed by atoms with E-state index in [1.807, 2.05) is 18.2 Å². The molecule has 5 heteroatoms. The van der Waals surface area contributed by atoms with E-state index in [4.69, 9.17) is 4.74 Å². The number of aliphatic hydroxyl groups is 2. The third-order valence-electron chi connectivity index (χ3n) is 3.19. The van der Waals surface area contributed by atoms with Gasteiger partial charge in [0, 0.05) is 22.3 Å². The molecule has 1 aliphatic heterocycles. The summed E-state index contributed by atoms with van der Waals surface area (Å²) in [5, 5.41) is 19.3. The van der Waals surface area contributed by atoms with Crippen LogP contribution in [0, 0.1) is 0 Å². The van der Waals surface area contributed by atoms with E-state index in [1.165, 1.54) is 0 Å². The fourth-order valence-corrected chi connectivity index (χ4v) is 2.62. The van der Waals surface area contributed by atoms with Crippen LogP contribution in [0.1, 0.15) is 18.6 Å². The molecular weight excluding hydrogens is 298 g/mol. The molecule has 100 valence electrons. The van der Waals surface area contributed by atoms with Crippen LogP contribution in [0.25, 0.3) is 0 Å². The van der Waals surface area contributed by atoms with Crippen LogP contribution in [0.15, 0.2) is 22.7 Å². The van der Waals surface area contributed by atoms with Crippen LogP contribution in [0.2, 0.25) is 0 Å². The lowest BCUT2D eigenvalue weighted by atomic mass is 10.1. The summed E-state index contributed by atoms with van der Waals surface area (Å²) >= 11 is 3.42. The molecule has 2 N–H and O–H groups in total. The maximum atomic E-state index is 9.88. The first kappa shape index (κ1) is 13.8. The van der Waals surface area contributed by atoms with Gasteiger partial charge < -0.3 is 19.8 Å².